The molecule has 2 atom stereocenters. The van der Waals surface area contributed by atoms with E-state index in [2.05, 4.69) is 10.6 Å². The Kier molecular flexibility index (Phi) is 4.78. The van der Waals surface area contributed by atoms with Crippen molar-refractivity contribution in [1.29, 1.82) is 0 Å². The zero-order valence-corrected chi connectivity index (χ0v) is 14.5. The molecule has 0 radical (unpaired) electrons. The van der Waals surface area contributed by atoms with Crippen molar-refractivity contribution in [2.75, 3.05) is 5.32 Å². The molecule has 124 valence electrons. The molecule has 3 rings (SSSR count). The quantitative estimate of drug-likeness (QED) is 0.855. The predicted molar refractivity (Wildman–Crippen MR) is 95.4 cm³/mol. The highest BCUT2D eigenvalue weighted by Crippen LogP contribution is 2.33. The average molecular weight is 363 g/mol. The summed E-state index contributed by atoms with van der Waals surface area (Å²) in [6.45, 7) is 1.85. The first-order valence-electron chi connectivity index (χ1n) is 7.60. The van der Waals surface area contributed by atoms with Gasteiger partial charge < -0.3 is 10.6 Å². The minimum atomic E-state index is -0.511. The number of halogens is 2. The zero-order chi connectivity index (χ0) is 17.3. The van der Waals surface area contributed by atoms with Gasteiger partial charge in [-0.3, -0.25) is 9.59 Å². The van der Waals surface area contributed by atoms with Crippen molar-refractivity contribution in [3.05, 3.63) is 63.6 Å². The number of hydrogen-bond acceptors (Lipinski definition) is 2. The SMILES string of the molecule is CC(NC(=O)C1CC(=O)Nc2ccccc21)c1ccc(Cl)cc1Cl. The van der Waals surface area contributed by atoms with Gasteiger partial charge in [0.25, 0.3) is 0 Å². The lowest BCUT2D eigenvalue weighted by Gasteiger charge is -2.26. The van der Waals surface area contributed by atoms with Gasteiger partial charge in [-0.1, -0.05) is 47.5 Å². The largest absolute Gasteiger partial charge is 0.349 e. The van der Waals surface area contributed by atoms with Gasteiger partial charge in [0.2, 0.25) is 11.8 Å². The molecule has 0 fully saturated rings. The lowest BCUT2D eigenvalue weighted by molar-refractivity contribution is -0.126. The second-order valence-electron chi connectivity index (χ2n) is 5.79. The van der Waals surface area contributed by atoms with Crippen LogP contribution in [-0.2, 0) is 9.59 Å². The van der Waals surface area contributed by atoms with E-state index in [0.717, 1.165) is 11.1 Å². The number of carbonyl (C=O) groups excluding carboxylic acids is 2. The van der Waals surface area contributed by atoms with E-state index in [1.165, 1.54) is 0 Å². The van der Waals surface area contributed by atoms with Crippen LogP contribution in [0.25, 0.3) is 0 Å². The predicted octanol–water partition coefficient (Wildman–Crippen LogP) is 4.30. The summed E-state index contributed by atoms with van der Waals surface area (Å²) >= 11 is 12.1. The lowest BCUT2D eigenvalue weighted by Crippen LogP contribution is -2.36. The maximum Gasteiger partial charge on any atom is 0.228 e. The van der Waals surface area contributed by atoms with Crippen molar-refractivity contribution < 1.29 is 9.59 Å². The van der Waals surface area contributed by atoms with Gasteiger partial charge in [0.15, 0.2) is 0 Å². The molecular formula is C18H16Cl2N2O2. The molecule has 2 N–H and O–H groups in total. The second-order valence-corrected chi connectivity index (χ2v) is 6.63. The number of benzene rings is 2. The van der Waals surface area contributed by atoms with Crippen LogP contribution in [0.15, 0.2) is 42.5 Å². The smallest absolute Gasteiger partial charge is 0.228 e. The van der Waals surface area contributed by atoms with Crippen LogP contribution in [-0.4, -0.2) is 11.8 Å². The van der Waals surface area contributed by atoms with Crippen LogP contribution < -0.4 is 10.6 Å². The van der Waals surface area contributed by atoms with E-state index in [9.17, 15) is 9.59 Å². The van der Waals surface area contributed by atoms with E-state index in [4.69, 9.17) is 23.2 Å². The van der Waals surface area contributed by atoms with Crippen LogP contribution in [0.4, 0.5) is 5.69 Å². The van der Waals surface area contributed by atoms with Crippen LogP contribution in [0.2, 0.25) is 10.0 Å². The molecule has 6 heteroatoms. The molecule has 0 aliphatic carbocycles. The number of nitrogens with one attached hydrogen (secondary N) is 2. The van der Waals surface area contributed by atoms with Crippen molar-refractivity contribution in [2.45, 2.75) is 25.3 Å². The topological polar surface area (TPSA) is 58.2 Å². The van der Waals surface area contributed by atoms with Crippen molar-refractivity contribution >= 4 is 40.7 Å². The average Bonchev–Trinajstić information content (AvgIpc) is 2.53. The van der Waals surface area contributed by atoms with Gasteiger partial charge in [0.05, 0.1) is 12.0 Å². The van der Waals surface area contributed by atoms with Crippen LogP contribution in [0.1, 0.15) is 36.4 Å². The third-order valence-corrected chi connectivity index (χ3v) is 4.67. The van der Waals surface area contributed by atoms with E-state index in [0.29, 0.717) is 15.7 Å². The molecule has 1 heterocycles. The van der Waals surface area contributed by atoms with E-state index >= 15 is 0 Å². The maximum absolute atomic E-state index is 12.7. The monoisotopic (exact) mass is 362 g/mol. The standard InChI is InChI=1S/C18H16Cl2N2O2/c1-10(12-7-6-11(19)8-15(12)20)21-18(24)14-9-17(23)22-16-5-3-2-4-13(14)16/h2-8,10,14H,9H2,1H3,(H,21,24)(H,22,23). The number of carbonyl (C=O) groups is 2. The number of anilines is 1. The summed E-state index contributed by atoms with van der Waals surface area (Å²) in [7, 11) is 0. The van der Waals surface area contributed by atoms with Gasteiger partial charge in [-0.05, 0) is 36.2 Å². The third-order valence-electron chi connectivity index (χ3n) is 4.10. The van der Waals surface area contributed by atoms with E-state index in [-0.39, 0.29) is 24.3 Å². The molecule has 4 nitrogen and oxygen atoms in total. The maximum atomic E-state index is 12.7. The van der Waals surface area contributed by atoms with Crippen LogP contribution in [0.3, 0.4) is 0 Å². The third kappa shape index (κ3) is 3.40. The molecule has 0 bridgehead atoms. The lowest BCUT2D eigenvalue weighted by atomic mass is 9.89. The number of rotatable bonds is 3. The van der Waals surface area contributed by atoms with Gasteiger partial charge in [-0.2, -0.15) is 0 Å². The second kappa shape index (κ2) is 6.83. The highest BCUT2D eigenvalue weighted by Gasteiger charge is 2.31. The Labute approximate surface area is 150 Å². The number of hydrogen-bond donors (Lipinski definition) is 2. The summed E-state index contributed by atoms with van der Waals surface area (Å²) in [5, 5.41) is 6.77. The Morgan fingerprint density at radius 2 is 2.00 bits per heavy atom. The van der Waals surface area contributed by atoms with Gasteiger partial charge in [-0.25, -0.2) is 0 Å². The fourth-order valence-corrected chi connectivity index (χ4v) is 3.46. The first-order chi connectivity index (χ1) is 11.5. The van der Waals surface area contributed by atoms with Crippen LogP contribution in [0, 0.1) is 0 Å². The molecule has 2 unspecified atom stereocenters. The summed E-state index contributed by atoms with van der Waals surface area (Å²) in [4.78, 5) is 24.6. The van der Waals surface area contributed by atoms with Crippen molar-refractivity contribution in [3.8, 4) is 0 Å². The van der Waals surface area contributed by atoms with Gasteiger partial charge in [0, 0.05) is 22.2 Å². The van der Waals surface area contributed by atoms with Crippen molar-refractivity contribution in [2.24, 2.45) is 0 Å². The molecule has 0 aromatic heterocycles. The molecular weight excluding hydrogens is 347 g/mol. The highest BCUT2D eigenvalue weighted by molar-refractivity contribution is 6.35. The molecule has 1 aliphatic heterocycles. The number of amides is 2. The number of fused-ring (bicyclic) bond motifs is 1. The molecule has 2 aromatic carbocycles. The Balaban J connectivity index is 1.81. The van der Waals surface area contributed by atoms with Crippen molar-refractivity contribution in [3.63, 3.8) is 0 Å². The molecule has 0 saturated carbocycles. The van der Waals surface area contributed by atoms with Crippen molar-refractivity contribution in [1.82, 2.24) is 5.32 Å². The minimum absolute atomic E-state index is 0.129. The fraction of sp³-hybridized carbons (Fsp3) is 0.222. The summed E-state index contributed by atoms with van der Waals surface area (Å²) in [6, 6.07) is 12.2. The molecule has 0 spiro atoms. The van der Waals surface area contributed by atoms with Gasteiger partial charge >= 0.3 is 0 Å². The Hall–Kier alpha value is -2.04. The van der Waals surface area contributed by atoms with Crippen LogP contribution in [0.5, 0.6) is 0 Å². The molecule has 0 saturated heterocycles. The number of para-hydroxylation sites is 1. The van der Waals surface area contributed by atoms with E-state index in [1.807, 2.05) is 25.1 Å². The first-order valence-corrected chi connectivity index (χ1v) is 8.35. The Bertz CT molecular complexity index is 807. The van der Waals surface area contributed by atoms with Gasteiger partial charge in [-0.15, -0.1) is 0 Å². The molecule has 1 aliphatic rings. The van der Waals surface area contributed by atoms with Crippen LogP contribution >= 0.6 is 23.2 Å². The summed E-state index contributed by atoms with van der Waals surface area (Å²) < 4.78 is 0. The fourth-order valence-electron chi connectivity index (χ4n) is 2.89. The molecule has 2 aromatic rings. The molecule has 24 heavy (non-hydrogen) atoms. The first kappa shape index (κ1) is 16.8. The Morgan fingerprint density at radius 1 is 1.25 bits per heavy atom. The normalized spacial score (nSPS) is 17.6. The van der Waals surface area contributed by atoms with E-state index in [1.54, 1.807) is 24.3 Å². The van der Waals surface area contributed by atoms with E-state index < -0.39 is 5.92 Å². The highest BCUT2D eigenvalue weighted by atomic mass is 35.5. The van der Waals surface area contributed by atoms with Gasteiger partial charge in [0.1, 0.15) is 0 Å². The summed E-state index contributed by atoms with van der Waals surface area (Å²) in [5.41, 5.74) is 2.29. The Morgan fingerprint density at radius 3 is 2.75 bits per heavy atom. The minimum Gasteiger partial charge on any atom is -0.349 e. The summed E-state index contributed by atoms with van der Waals surface area (Å²) in [5.74, 6) is -0.870. The molecule has 2 amide bonds. The zero-order valence-electron chi connectivity index (χ0n) is 13.0. The summed E-state index contributed by atoms with van der Waals surface area (Å²) in [6.07, 6.45) is 0.129.